The van der Waals surface area contributed by atoms with Crippen molar-refractivity contribution in [2.24, 2.45) is 23.7 Å². The van der Waals surface area contributed by atoms with Crippen LogP contribution in [0.2, 0.25) is 0 Å². The molecular weight excluding hydrogens is 230 g/mol. The van der Waals surface area contributed by atoms with Crippen molar-refractivity contribution < 1.29 is 0 Å². The lowest BCUT2D eigenvalue weighted by molar-refractivity contribution is 0.154. The van der Waals surface area contributed by atoms with Gasteiger partial charge in [0.1, 0.15) is 0 Å². The van der Waals surface area contributed by atoms with Gasteiger partial charge in [0.15, 0.2) is 0 Å². The molecule has 0 N–H and O–H groups in total. The summed E-state index contributed by atoms with van der Waals surface area (Å²) >= 11 is 0. The molecule has 1 radical (unpaired) electrons. The summed E-state index contributed by atoms with van der Waals surface area (Å²) in [6.45, 7) is 4.61. The highest BCUT2D eigenvalue weighted by Gasteiger charge is 2.31. The fraction of sp³-hybridized carbons (Fsp3) is 0.889. The van der Waals surface area contributed by atoms with Gasteiger partial charge < -0.3 is 0 Å². The summed E-state index contributed by atoms with van der Waals surface area (Å²) in [4.78, 5) is 0. The van der Waals surface area contributed by atoms with Gasteiger partial charge in [-0.3, -0.25) is 0 Å². The first-order chi connectivity index (χ1) is 9.22. The molecule has 0 aliphatic heterocycles. The molecule has 0 spiro atoms. The molecule has 1 heteroatoms. The van der Waals surface area contributed by atoms with Crippen LogP contribution in [-0.4, -0.2) is 0 Å². The van der Waals surface area contributed by atoms with E-state index in [4.69, 9.17) is 5.26 Å². The lowest BCUT2D eigenvalue weighted by Gasteiger charge is -2.37. The Morgan fingerprint density at radius 2 is 1.47 bits per heavy atom. The van der Waals surface area contributed by atoms with Gasteiger partial charge in [-0.1, -0.05) is 33.1 Å². The summed E-state index contributed by atoms with van der Waals surface area (Å²) in [5.74, 6) is 4.97. The lowest BCUT2D eigenvalue weighted by Crippen LogP contribution is -2.25. The number of nitriles is 1. The summed E-state index contributed by atoms with van der Waals surface area (Å²) in [5, 5.41) is 8.98. The van der Waals surface area contributed by atoms with E-state index in [0.717, 1.165) is 17.8 Å². The third-order valence-corrected chi connectivity index (χ3v) is 5.75. The molecule has 1 nitrogen and oxygen atoms in total. The van der Waals surface area contributed by atoms with Crippen LogP contribution in [0.25, 0.3) is 0 Å². The summed E-state index contributed by atoms with van der Waals surface area (Å²) in [7, 11) is 0. The first-order valence-corrected chi connectivity index (χ1v) is 8.43. The fourth-order valence-corrected chi connectivity index (χ4v) is 4.22. The van der Waals surface area contributed by atoms with Gasteiger partial charge in [-0.2, -0.15) is 5.26 Å². The van der Waals surface area contributed by atoms with Crippen molar-refractivity contribution in [3.05, 3.63) is 5.92 Å². The molecular formula is C18H30N. The van der Waals surface area contributed by atoms with Crippen LogP contribution in [0.15, 0.2) is 0 Å². The minimum absolute atomic E-state index is 0.370. The highest BCUT2D eigenvalue weighted by Crippen LogP contribution is 2.42. The van der Waals surface area contributed by atoms with E-state index in [-0.39, 0.29) is 0 Å². The van der Waals surface area contributed by atoms with Gasteiger partial charge in [-0.15, -0.1) is 0 Å². The van der Waals surface area contributed by atoms with Gasteiger partial charge in [-0.25, -0.2) is 0 Å². The Hall–Kier alpha value is -0.510. The second-order valence-electron chi connectivity index (χ2n) is 7.04. The van der Waals surface area contributed by atoms with Crippen molar-refractivity contribution >= 4 is 0 Å². The first-order valence-electron chi connectivity index (χ1n) is 8.43. The van der Waals surface area contributed by atoms with E-state index in [1.165, 1.54) is 64.2 Å². The topological polar surface area (TPSA) is 23.8 Å². The third-order valence-electron chi connectivity index (χ3n) is 5.75. The normalized spacial score (nSPS) is 36.1. The first kappa shape index (κ1) is 14.9. The van der Waals surface area contributed by atoms with Crippen LogP contribution in [0.4, 0.5) is 0 Å². The molecule has 19 heavy (non-hydrogen) atoms. The highest BCUT2D eigenvalue weighted by molar-refractivity contribution is 4.91. The molecule has 2 fully saturated rings. The molecule has 0 aromatic heterocycles. The van der Waals surface area contributed by atoms with Crippen LogP contribution in [0, 0.1) is 40.9 Å². The van der Waals surface area contributed by atoms with Crippen LogP contribution in [0.1, 0.15) is 78.1 Å². The SMILES string of the molecule is CC[C](C)CC1CCC(C2CCC(C#N)CC2)CC1. The van der Waals surface area contributed by atoms with Crippen LogP contribution < -0.4 is 0 Å². The van der Waals surface area contributed by atoms with Gasteiger partial charge in [0.05, 0.1) is 6.07 Å². The quantitative estimate of drug-likeness (QED) is 0.653. The molecule has 2 aliphatic rings. The largest absolute Gasteiger partial charge is 0.198 e. The standard InChI is InChI=1S/C18H30N/c1-3-14(2)12-15-4-8-17(9-5-15)18-10-6-16(13-19)7-11-18/h15-18H,3-12H2,1-2H3. The predicted molar refractivity (Wildman–Crippen MR) is 80.3 cm³/mol. The molecule has 0 aromatic rings. The van der Waals surface area contributed by atoms with Crippen LogP contribution in [0.3, 0.4) is 0 Å². The maximum Gasteiger partial charge on any atom is 0.0655 e. The third kappa shape index (κ3) is 4.23. The number of hydrogen-bond acceptors (Lipinski definition) is 1. The Labute approximate surface area is 119 Å². The van der Waals surface area contributed by atoms with Crippen LogP contribution >= 0.6 is 0 Å². The lowest BCUT2D eigenvalue weighted by atomic mass is 9.68. The molecule has 2 aliphatic carbocycles. The van der Waals surface area contributed by atoms with Crippen LogP contribution in [0.5, 0.6) is 0 Å². The Morgan fingerprint density at radius 3 is 1.95 bits per heavy atom. The molecule has 2 rings (SSSR count). The summed E-state index contributed by atoms with van der Waals surface area (Å²) in [5.41, 5.74) is 0. The van der Waals surface area contributed by atoms with E-state index in [1.54, 1.807) is 5.92 Å². The average molecular weight is 260 g/mol. The minimum Gasteiger partial charge on any atom is -0.198 e. The fourth-order valence-electron chi connectivity index (χ4n) is 4.22. The van der Waals surface area contributed by atoms with Gasteiger partial charge in [0.25, 0.3) is 0 Å². The Kier molecular flexibility index (Phi) is 5.74. The Bertz CT molecular complexity index is 287. The van der Waals surface area contributed by atoms with E-state index >= 15 is 0 Å². The van der Waals surface area contributed by atoms with Crippen molar-refractivity contribution in [2.75, 3.05) is 0 Å². The average Bonchev–Trinajstić information content (AvgIpc) is 2.48. The monoisotopic (exact) mass is 260 g/mol. The summed E-state index contributed by atoms with van der Waals surface area (Å²) in [6, 6.07) is 2.46. The zero-order valence-electron chi connectivity index (χ0n) is 12.8. The minimum atomic E-state index is 0.370. The smallest absolute Gasteiger partial charge is 0.0655 e. The molecule has 0 aromatic carbocycles. The predicted octanol–water partition coefficient (Wildman–Crippen LogP) is 5.52. The Balaban J connectivity index is 1.70. The number of hydrogen-bond donors (Lipinski definition) is 0. The van der Waals surface area contributed by atoms with Crippen molar-refractivity contribution in [2.45, 2.75) is 78.1 Å². The molecule has 0 heterocycles. The maximum atomic E-state index is 8.98. The van der Waals surface area contributed by atoms with E-state index < -0.39 is 0 Å². The molecule has 0 atom stereocenters. The zero-order valence-corrected chi connectivity index (χ0v) is 12.8. The highest BCUT2D eigenvalue weighted by atomic mass is 14.4. The molecule has 0 saturated heterocycles. The zero-order chi connectivity index (χ0) is 13.7. The van der Waals surface area contributed by atoms with Crippen molar-refractivity contribution in [1.82, 2.24) is 0 Å². The van der Waals surface area contributed by atoms with Gasteiger partial charge in [0.2, 0.25) is 0 Å². The second kappa shape index (κ2) is 7.32. The van der Waals surface area contributed by atoms with Crippen molar-refractivity contribution in [1.29, 1.82) is 5.26 Å². The van der Waals surface area contributed by atoms with Gasteiger partial charge in [-0.05, 0) is 68.6 Å². The molecule has 0 bridgehead atoms. The maximum absolute atomic E-state index is 8.98. The van der Waals surface area contributed by atoms with Crippen molar-refractivity contribution in [3.63, 3.8) is 0 Å². The van der Waals surface area contributed by atoms with Crippen LogP contribution in [-0.2, 0) is 0 Å². The van der Waals surface area contributed by atoms with E-state index in [1.807, 2.05) is 0 Å². The van der Waals surface area contributed by atoms with Crippen molar-refractivity contribution in [3.8, 4) is 6.07 Å². The number of rotatable bonds is 4. The molecule has 107 valence electrons. The summed E-state index contributed by atoms with van der Waals surface area (Å²) in [6.07, 6.45) is 13.5. The molecule has 0 amide bonds. The number of nitrogens with zero attached hydrogens (tertiary/aromatic N) is 1. The van der Waals surface area contributed by atoms with E-state index in [0.29, 0.717) is 5.92 Å². The van der Waals surface area contributed by atoms with Gasteiger partial charge in [0, 0.05) is 5.92 Å². The second-order valence-corrected chi connectivity index (χ2v) is 7.04. The van der Waals surface area contributed by atoms with E-state index in [2.05, 4.69) is 19.9 Å². The molecule has 0 unspecified atom stereocenters. The Morgan fingerprint density at radius 1 is 0.947 bits per heavy atom. The van der Waals surface area contributed by atoms with E-state index in [9.17, 15) is 0 Å². The summed E-state index contributed by atoms with van der Waals surface area (Å²) < 4.78 is 0. The van der Waals surface area contributed by atoms with Gasteiger partial charge >= 0.3 is 0 Å². The molecule has 2 saturated carbocycles.